The molecule has 0 amide bonds. The van der Waals surface area contributed by atoms with Crippen LogP contribution < -0.4 is 14.2 Å². The summed E-state index contributed by atoms with van der Waals surface area (Å²) >= 11 is 5.95. The average Bonchev–Trinajstić information content (AvgIpc) is 2.53. The van der Waals surface area contributed by atoms with Crippen molar-refractivity contribution in [1.29, 1.82) is 0 Å². The Hall–Kier alpha value is -1.76. The molecule has 0 unspecified atom stereocenters. The number of methoxy groups -OCH3 is 1. The Bertz CT molecular complexity index is 760. The Morgan fingerprint density at radius 3 is 2.43 bits per heavy atom. The van der Waals surface area contributed by atoms with Crippen molar-refractivity contribution in [2.24, 2.45) is 0 Å². The van der Waals surface area contributed by atoms with E-state index < -0.39 is 10.0 Å². The van der Waals surface area contributed by atoms with E-state index in [0.29, 0.717) is 11.5 Å². The molecule has 0 aliphatic carbocycles. The summed E-state index contributed by atoms with van der Waals surface area (Å²) in [6.07, 6.45) is 0. The fourth-order valence-electron chi connectivity index (χ4n) is 1.88. The minimum Gasteiger partial charge on any atom is -0.495 e. The van der Waals surface area contributed by atoms with Crippen molar-refractivity contribution in [2.75, 3.05) is 20.3 Å². The third kappa shape index (κ3) is 4.86. The van der Waals surface area contributed by atoms with E-state index in [0.717, 1.165) is 5.56 Å². The van der Waals surface area contributed by atoms with Crippen molar-refractivity contribution >= 4 is 21.6 Å². The molecule has 1 N–H and O–H groups in total. The molecule has 0 atom stereocenters. The fraction of sp³-hybridized carbons (Fsp3) is 0.250. The molecular formula is C16H18ClNO4S. The zero-order valence-corrected chi connectivity index (χ0v) is 14.4. The van der Waals surface area contributed by atoms with Gasteiger partial charge in [-0.3, -0.25) is 0 Å². The molecule has 0 bridgehead atoms. The Labute approximate surface area is 141 Å². The van der Waals surface area contributed by atoms with E-state index in [-0.39, 0.29) is 23.1 Å². The van der Waals surface area contributed by atoms with Crippen molar-refractivity contribution in [3.63, 3.8) is 0 Å². The van der Waals surface area contributed by atoms with Crippen LogP contribution in [0.15, 0.2) is 47.4 Å². The summed E-state index contributed by atoms with van der Waals surface area (Å²) in [4.78, 5) is 0.0821. The van der Waals surface area contributed by atoms with Crippen molar-refractivity contribution in [3.05, 3.63) is 53.1 Å². The molecule has 0 fully saturated rings. The fourth-order valence-corrected chi connectivity index (χ4v) is 3.24. The highest BCUT2D eigenvalue weighted by Gasteiger charge is 2.15. The highest BCUT2D eigenvalue weighted by molar-refractivity contribution is 7.89. The highest BCUT2D eigenvalue weighted by Crippen LogP contribution is 2.26. The molecule has 5 nitrogen and oxygen atoms in total. The number of hydrogen-bond donors (Lipinski definition) is 1. The molecule has 0 saturated heterocycles. The van der Waals surface area contributed by atoms with Gasteiger partial charge < -0.3 is 9.47 Å². The summed E-state index contributed by atoms with van der Waals surface area (Å²) in [5, 5.41) is 0.242. The summed E-state index contributed by atoms with van der Waals surface area (Å²) in [5.41, 5.74) is 1.13. The van der Waals surface area contributed by atoms with E-state index in [9.17, 15) is 8.42 Å². The van der Waals surface area contributed by atoms with Crippen LogP contribution in [-0.2, 0) is 10.0 Å². The first-order valence-corrected chi connectivity index (χ1v) is 8.81. The molecule has 0 saturated carbocycles. The summed E-state index contributed by atoms with van der Waals surface area (Å²) in [5.74, 6) is 1.12. The molecule has 7 heteroatoms. The largest absolute Gasteiger partial charge is 0.495 e. The number of sulfonamides is 1. The number of rotatable bonds is 7. The third-order valence-corrected chi connectivity index (χ3v) is 4.87. The van der Waals surface area contributed by atoms with Gasteiger partial charge in [0.1, 0.15) is 18.1 Å². The van der Waals surface area contributed by atoms with Crippen LogP contribution in [0.2, 0.25) is 5.02 Å². The molecule has 0 aliphatic rings. The van der Waals surface area contributed by atoms with Crippen molar-refractivity contribution in [3.8, 4) is 11.5 Å². The van der Waals surface area contributed by atoms with E-state index in [4.69, 9.17) is 21.1 Å². The van der Waals surface area contributed by atoms with Gasteiger partial charge >= 0.3 is 0 Å². The Kier molecular flexibility index (Phi) is 5.87. The molecule has 0 aromatic heterocycles. The number of halogens is 1. The quantitative estimate of drug-likeness (QED) is 0.775. The molecule has 0 radical (unpaired) electrons. The molecule has 124 valence electrons. The Morgan fingerprint density at radius 1 is 1.13 bits per heavy atom. The monoisotopic (exact) mass is 355 g/mol. The van der Waals surface area contributed by atoms with Crippen LogP contribution in [0.4, 0.5) is 0 Å². The molecule has 0 heterocycles. The van der Waals surface area contributed by atoms with Gasteiger partial charge in [-0.2, -0.15) is 0 Å². The van der Waals surface area contributed by atoms with Crippen LogP contribution in [0.5, 0.6) is 11.5 Å². The molecular weight excluding hydrogens is 338 g/mol. The smallest absolute Gasteiger partial charge is 0.240 e. The topological polar surface area (TPSA) is 64.6 Å². The van der Waals surface area contributed by atoms with Crippen molar-refractivity contribution in [1.82, 2.24) is 4.72 Å². The van der Waals surface area contributed by atoms with Gasteiger partial charge in [0.2, 0.25) is 10.0 Å². The number of aryl methyl sites for hydroxylation is 1. The molecule has 2 aromatic rings. The molecule has 2 aromatic carbocycles. The average molecular weight is 356 g/mol. The van der Waals surface area contributed by atoms with Gasteiger partial charge in [0, 0.05) is 6.54 Å². The highest BCUT2D eigenvalue weighted by atomic mass is 35.5. The van der Waals surface area contributed by atoms with Crippen molar-refractivity contribution in [2.45, 2.75) is 11.8 Å². The standard InChI is InChI=1S/C16H18ClNO4S/c1-12-3-5-13(6-4-12)22-10-9-18-23(19,20)14-7-8-16(21-2)15(17)11-14/h3-8,11,18H,9-10H2,1-2H3. The maximum absolute atomic E-state index is 12.2. The predicted octanol–water partition coefficient (Wildman–Crippen LogP) is 3.01. The van der Waals surface area contributed by atoms with Crippen LogP contribution >= 0.6 is 11.6 Å². The minimum absolute atomic E-state index is 0.0821. The molecule has 0 aliphatic heterocycles. The summed E-state index contributed by atoms with van der Waals surface area (Å²) < 4.78 is 37.3. The Morgan fingerprint density at radius 2 is 1.83 bits per heavy atom. The van der Waals surface area contributed by atoms with Crippen molar-refractivity contribution < 1.29 is 17.9 Å². The maximum Gasteiger partial charge on any atom is 0.240 e. The van der Waals surface area contributed by atoms with Gasteiger partial charge in [-0.15, -0.1) is 0 Å². The third-order valence-electron chi connectivity index (χ3n) is 3.12. The lowest BCUT2D eigenvalue weighted by molar-refractivity contribution is 0.323. The first-order chi connectivity index (χ1) is 10.9. The number of hydrogen-bond acceptors (Lipinski definition) is 4. The summed E-state index contributed by atoms with van der Waals surface area (Å²) in [6, 6.07) is 11.8. The molecule has 2 rings (SSSR count). The van der Waals surface area contributed by atoms with E-state index in [1.807, 2.05) is 31.2 Å². The van der Waals surface area contributed by atoms with Crippen LogP contribution in [-0.4, -0.2) is 28.7 Å². The first-order valence-electron chi connectivity index (χ1n) is 6.95. The van der Waals surface area contributed by atoms with Gasteiger partial charge in [-0.1, -0.05) is 29.3 Å². The number of nitrogens with one attached hydrogen (secondary N) is 1. The second-order valence-corrected chi connectivity index (χ2v) is 7.03. The maximum atomic E-state index is 12.2. The Balaban J connectivity index is 1.91. The van der Waals surface area contributed by atoms with Crippen LogP contribution in [0.3, 0.4) is 0 Å². The summed E-state index contributed by atoms with van der Waals surface area (Å²) in [6.45, 7) is 2.37. The zero-order chi connectivity index (χ0) is 16.9. The lowest BCUT2D eigenvalue weighted by atomic mass is 10.2. The number of benzene rings is 2. The first kappa shape index (κ1) is 17.6. The van der Waals surface area contributed by atoms with E-state index in [1.165, 1.54) is 25.3 Å². The van der Waals surface area contributed by atoms with Gasteiger partial charge in [-0.05, 0) is 37.3 Å². The van der Waals surface area contributed by atoms with Gasteiger partial charge in [0.25, 0.3) is 0 Å². The number of ether oxygens (including phenoxy) is 2. The van der Waals surface area contributed by atoms with Crippen LogP contribution in [0.1, 0.15) is 5.56 Å². The minimum atomic E-state index is -3.64. The lowest BCUT2D eigenvalue weighted by Crippen LogP contribution is -2.28. The zero-order valence-electron chi connectivity index (χ0n) is 12.9. The van der Waals surface area contributed by atoms with Gasteiger partial charge in [0.15, 0.2) is 0 Å². The lowest BCUT2D eigenvalue weighted by Gasteiger charge is -2.10. The second kappa shape index (κ2) is 7.68. The van der Waals surface area contributed by atoms with E-state index in [1.54, 1.807) is 0 Å². The van der Waals surface area contributed by atoms with Gasteiger partial charge in [0.05, 0.1) is 17.0 Å². The van der Waals surface area contributed by atoms with Crippen LogP contribution in [0.25, 0.3) is 0 Å². The normalized spacial score (nSPS) is 11.3. The second-order valence-electron chi connectivity index (χ2n) is 4.86. The molecule has 23 heavy (non-hydrogen) atoms. The summed E-state index contributed by atoms with van der Waals surface area (Å²) in [7, 11) is -2.17. The van der Waals surface area contributed by atoms with Crippen LogP contribution in [0, 0.1) is 6.92 Å². The van der Waals surface area contributed by atoms with E-state index >= 15 is 0 Å². The SMILES string of the molecule is COc1ccc(S(=O)(=O)NCCOc2ccc(C)cc2)cc1Cl. The van der Waals surface area contributed by atoms with Gasteiger partial charge in [-0.25, -0.2) is 13.1 Å². The predicted molar refractivity (Wildman–Crippen MR) is 89.9 cm³/mol. The molecule has 0 spiro atoms. The van der Waals surface area contributed by atoms with E-state index in [2.05, 4.69) is 4.72 Å².